The normalized spacial score (nSPS) is 15.3. The van der Waals surface area contributed by atoms with Crippen LogP contribution in [0.4, 0.5) is 0 Å². The maximum Gasteiger partial charge on any atom is 0.0236 e. The van der Waals surface area contributed by atoms with Crippen LogP contribution in [0.3, 0.4) is 0 Å². The van der Waals surface area contributed by atoms with Gasteiger partial charge in [-0.3, -0.25) is 4.90 Å². The van der Waals surface area contributed by atoms with E-state index in [9.17, 15) is 0 Å². The Bertz CT molecular complexity index is 1120. The molecule has 0 aliphatic carbocycles. The number of likely N-dealkylation sites (tertiary alicyclic amines) is 1. The highest BCUT2D eigenvalue weighted by Crippen LogP contribution is 2.38. The maximum absolute atomic E-state index is 2.64. The molecular weight excluding hydrogens is 338 g/mol. The zero-order valence-electron chi connectivity index (χ0n) is 16.6. The van der Waals surface area contributed by atoms with Crippen molar-refractivity contribution < 1.29 is 0 Å². The Hall–Kier alpha value is -2.64. The molecule has 5 rings (SSSR count). The lowest BCUT2D eigenvalue weighted by atomic mass is 9.88. The molecule has 0 amide bonds. The van der Waals surface area contributed by atoms with E-state index >= 15 is 0 Å². The summed E-state index contributed by atoms with van der Waals surface area (Å²) in [6.45, 7) is 5.84. The summed E-state index contributed by atoms with van der Waals surface area (Å²) >= 11 is 0. The number of rotatable bonds is 3. The average Bonchev–Trinajstić information content (AvgIpc) is 2.76. The largest absolute Gasteiger partial charge is 0.299 e. The Kier molecular flexibility index (Phi) is 4.62. The Labute approximate surface area is 167 Å². The molecule has 0 N–H and O–H groups in total. The summed E-state index contributed by atoms with van der Waals surface area (Å²) in [7, 11) is 0. The number of piperidine rings is 1. The van der Waals surface area contributed by atoms with Gasteiger partial charge in [-0.1, -0.05) is 73.2 Å². The van der Waals surface area contributed by atoms with E-state index in [0.29, 0.717) is 0 Å². The predicted molar refractivity (Wildman–Crippen MR) is 121 cm³/mol. The summed E-state index contributed by atoms with van der Waals surface area (Å²) in [5, 5.41) is 5.43. The standard InChI is InChI=1S/C27H27N/c1-20-23(19-28-16-8-3-9-17-28)18-26-24-13-7-6-10-21(24)14-15-25(26)27(20)22-11-4-2-5-12-22/h2,4-7,10-15,18H,3,8-9,16-17,19H2,1H3. The molecule has 1 saturated heterocycles. The van der Waals surface area contributed by atoms with E-state index in [1.54, 1.807) is 0 Å². The molecule has 4 aromatic rings. The number of hydrogen-bond acceptors (Lipinski definition) is 1. The summed E-state index contributed by atoms with van der Waals surface area (Å²) in [6.07, 6.45) is 4.05. The van der Waals surface area contributed by atoms with Crippen LogP contribution in [0.5, 0.6) is 0 Å². The van der Waals surface area contributed by atoms with Crippen molar-refractivity contribution in [3.63, 3.8) is 0 Å². The summed E-state index contributed by atoms with van der Waals surface area (Å²) < 4.78 is 0. The van der Waals surface area contributed by atoms with Crippen molar-refractivity contribution in [2.75, 3.05) is 13.1 Å². The molecule has 1 nitrogen and oxygen atoms in total. The smallest absolute Gasteiger partial charge is 0.0236 e. The number of hydrogen-bond donors (Lipinski definition) is 0. The van der Waals surface area contributed by atoms with Gasteiger partial charge >= 0.3 is 0 Å². The van der Waals surface area contributed by atoms with Crippen LogP contribution in [0, 0.1) is 6.92 Å². The van der Waals surface area contributed by atoms with Gasteiger partial charge in [0.1, 0.15) is 0 Å². The van der Waals surface area contributed by atoms with Crippen molar-refractivity contribution >= 4 is 21.5 Å². The Morgan fingerprint density at radius 3 is 2.29 bits per heavy atom. The van der Waals surface area contributed by atoms with Gasteiger partial charge in [0.2, 0.25) is 0 Å². The minimum Gasteiger partial charge on any atom is -0.299 e. The molecule has 4 aromatic carbocycles. The fraction of sp³-hybridized carbons (Fsp3) is 0.259. The number of fused-ring (bicyclic) bond motifs is 3. The number of benzene rings is 4. The molecule has 0 spiro atoms. The van der Waals surface area contributed by atoms with E-state index in [0.717, 1.165) is 6.54 Å². The molecule has 0 unspecified atom stereocenters. The van der Waals surface area contributed by atoms with Gasteiger partial charge in [0, 0.05) is 6.54 Å². The quantitative estimate of drug-likeness (QED) is 0.355. The molecule has 28 heavy (non-hydrogen) atoms. The fourth-order valence-corrected chi connectivity index (χ4v) is 4.81. The lowest BCUT2D eigenvalue weighted by Gasteiger charge is -2.28. The van der Waals surface area contributed by atoms with E-state index < -0.39 is 0 Å². The van der Waals surface area contributed by atoms with Gasteiger partial charge in [-0.05, 0) is 82.7 Å². The van der Waals surface area contributed by atoms with Crippen LogP contribution in [-0.2, 0) is 6.54 Å². The third kappa shape index (κ3) is 3.10. The van der Waals surface area contributed by atoms with Crippen LogP contribution in [0.1, 0.15) is 30.4 Å². The minimum absolute atomic E-state index is 1.06. The van der Waals surface area contributed by atoms with Gasteiger partial charge in [0.15, 0.2) is 0 Å². The fourth-order valence-electron chi connectivity index (χ4n) is 4.81. The third-order valence-electron chi connectivity index (χ3n) is 6.32. The second kappa shape index (κ2) is 7.41. The molecule has 1 aliphatic rings. The van der Waals surface area contributed by atoms with Gasteiger partial charge in [-0.15, -0.1) is 0 Å². The second-order valence-corrected chi connectivity index (χ2v) is 8.12. The van der Waals surface area contributed by atoms with E-state index in [-0.39, 0.29) is 0 Å². The zero-order chi connectivity index (χ0) is 18.9. The van der Waals surface area contributed by atoms with E-state index in [1.807, 2.05) is 0 Å². The van der Waals surface area contributed by atoms with E-state index in [2.05, 4.69) is 84.6 Å². The SMILES string of the molecule is Cc1c(CN2CCCCC2)cc2c(ccc3ccccc32)c1-c1ccccc1. The molecule has 0 saturated carbocycles. The minimum atomic E-state index is 1.06. The van der Waals surface area contributed by atoms with Gasteiger partial charge in [0.05, 0.1) is 0 Å². The van der Waals surface area contributed by atoms with Crippen molar-refractivity contribution in [3.05, 3.63) is 83.9 Å². The maximum atomic E-state index is 2.64. The first kappa shape index (κ1) is 17.5. The van der Waals surface area contributed by atoms with Crippen LogP contribution < -0.4 is 0 Å². The first-order valence-corrected chi connectivity index (χ1v) is 10.5. The predicted octanol–water partition coefficient (Wildman–Crippen LogP) is 6.95. The summed E-state index contributed by atoms with van der Waals surface area (Å²) in [5.41, 5.74) is 5.63. The van der Waals surface area contributed by atoms with Crippen molar-refractivity contribution in [1.82, 2.24) is 4.90 Å². The topological polar surface area (TPSA) is 3.24 Å². The van der Waals surface area contributed by atoms with Crippen LogP contribution in [0.15, 0.2) is 72.8 Å². The molecule has 1 heteroatoms. The summed E-state index contributed by atoms with van der Waals surface area (Å²) in [5.74, 6) is 0. The van der Waals surface area contributed by atoms with Crippen LogP contribution >= 0.6 is 0 Å². The molecule has 0 aromatic heterocycles. The van der Waals surface area contributed by atoms with E-state index in [4.69, 9.17) is 0 Å². The summed E-state index contributed by atoms with van der Waals surface area (Å²) in [4.78, 5) is 2.64. The van der Waals surface area contributed by atoms with Crippen LogP contribution in [-0.4, -0.2) is 18.0 Å². The average molecular weight is 366 g/mol. The molecule has 1 aliphatic heterocycles. The van der Waals surface area contributed by atoms with Crippen molar-refractivity contribution in [3.8, 4) is 11.1 Å². The highest BCUT2D eigenvalue weighted by molar-refractivity contribution is 6.13. The van der Waals surface area contributed by atoms with Gasteiger partial charge in [-0.25, -0.2) is 0 Å². The van der Waals surface area contributed by atoms with Gasteiger partial charge < -0.3 is 0 Å². The molecule has 0 atom stereocenters. The first-order chi connectivity index (χ1) is 13.8. The zero-order valence-corrected chi connectivity index (χ0v) is 16.6. The van der Waals surface area contributed by atoms with Crippen LogP contribution in [0.25, 0.3) is 32.7 Å². The van der Waals surface area contributed by atoms with Gasteiger partial charge in [0.25, 0.3) is 0 Å². The molecule has 0 radical (unpaired) electrons. The molecule has 140 valence electrons. The van der Waals surface area contributed by atoms with Crippen molar-refractivity contribution in [2.24, 2.45) is 0 Å². The Balaban J connectivity index is 1.77. The number of nitrogens with zero attached hydrogens (tertiary/aromatic N) is 1. The second-order valence-electron chi connectivity index (χ2n) is 8.12. The Morgan fingerprint density at radius 2 is 1.46 bits per heavy atom. The van der Waals surface area contributed by atoms with Crippen molar-refractivity contribution in [1.29, 1.82) is 0 Å². The van der Waals surface area contributed by atoms with Crippen molar-refractivity contribution in [2.45, 2.75) is 32.7 Å². The van der Waals surface area contributed by atoms with Crippen LogP contribution in [0.2, 0.25) is 0 Å². The summed E-state index contributed by atoms with van der Waals surface area (Å²) in [6, 6.07) is 26.8. The highest BCUT2D eigenvalue weighted by Gasteiger charge is 2.17. The lowest BCUT2D eigenvalue weighted by molar-refractivity contribution is 0.220. The van der Waals surface area contributed by atoms with E-state index in [1.165, 1.54) is 76.2 Å². The lowest BCUT2D eigenvalue weighted by Crippen LogP contribution is -2.29. The first-order valence-electron chi connectivity index (χ1n) is 10.5. The monoisotopic (exact) mass is 365 g/mol. The molecular formula is C27H27N. The Morgan fingerprint density at radius 1 is 0.714 bits per heavy atom. The molecule has 0 bridgehead atoms. The van der Waals surface area contributed by atoms with Gasteiger partial charge in [-0.2, -0.15) is 0 Å². The third-order valence-corrected chi connectivity index (χ3v) is 6.32. The highest BCUT2D eigenvalue weighted by atomic mass is 15.1. The molecule has 1 heterocycles. The molecule has 1 fully saturated rings.